The number of nitrogens with one attached hydrogen (secondary N) is 2. The molecule has 0 radical (unpaired) electrons. The van der Waals surface area contributed by atoms with Gasteiger partial charge in [0.2, 0.25) is 5.91 Å². The molecule has 0 unspecified atom stereocenters. The molecule has 0 aliphatic heterocycles. The molecule has 2 N–H and O–H groups in total. The van der Waals surface area contributed by atoms with Crippen LogP contribution in [0.2, 0.25) is 0 Å². The quantitative estimate of drug-likeness (QED) is 0.605. The van der Waals surface area contributed by atoms with Crippen LogP contribution in [0.3, 0.4) is 0 Å². The van der Waals surface area contributed by atoms with E-state index in [4.69, 9.17) is 9.47 Å². The highest BCUT2D eigenvalue weighted by atomic mass is 16.5. The summed E-state index contributed by atoms with van der Waals surface area (Å²) < 4.78 is 14.5. The van der Waals surface area contributed by atoms with E-state index in [1.165, 1.54) is 26.4 Å². The third-order valence-corrected chi connectivity index (χ3v) is 3.88. The van der Waals surface area contributed by atoms with Crippen molar-refractivity contribution in [2.75, 3.05) is 31.5 Å². The van der Waals surface area contributed by atoms with E-state index in [0.717, 1.165) is 0 Å². The highest BCUT2D eigenvalue weighted by Crippen LogP contribution is 2.15. The Balaban J connectivity index is 1.68. The van der Waals surface area contributed by atoms with E-state index in [-0.39, 0.29) is 12.8 Å². The maximum atomic E-state index is 11.9. The zero-order valence-corrected chi connectivity index (χ0v) is 16.6. The molecule has 0 bridgehead atoms. The Morgan fingerprint density at radius 3 is 1.90 bits per heavy atom. The maximum Gasteiger partial charge on any atom is 0.337 e. The topological polar surface area (TPSA) is 120 Å². The van der Waals surface area contributed by atoms with Gasteiger partial charge in [-0.25, -0.2) is 4.79 Å². The summed E-state index contributed by atoms with van der Waals surface area (Å²) in [5, 5.41) is 5.18. The molecule has 9 heteroatoms. The summed E-state index contributed by atoms with van der Waals surface area (Å²) in [6.07, 6.45) is -0.292. The van der Waals surface area contributed by atoms with Gasteiger partial charge in [-0.1, -0.05) is 0 Å². The molecular weight excluding hydrogens is 392 g/mol. The smallest absolute Gasteiger partial charge is 0.337 e. The Labute approximate surface area is 173 Å². The minimum absolute atomic E-state index is 0.113. The Kier molecular flexibility index (Phi) is 8.37. The van der Waals surface area contributed by atoms with Crippen molar-refractivity contribution in [3.63, 3.8) is 0 Å². The molecule has 2 aromatic rings. The molecule has 0 aromatic heterocycles. The Morgan fingerprint density at radius 1 is 0.767 bits per heavy atom. The molecule has 0 aliphatic carbocycles. The lowest BCUT2D eigenvalue weighted by atomic mass is 10.2. The van der Waals surface area contributed by atoms with Gasteiger partial charge in [0.15, 0.2) is 6.61 Å². The van der Waals surface area contributed by atoms with E-state index < -0.39 is 30.4 Å². The number of methoxy groups -OCH3 is 2. The molecule has 0 saturated carbocycles. The van der Waals surface area contributed by atoms with Gasteiger partial charge < -0.3 is 24.8 Å². The molecule has 2 rings (SSSR count). The van der Waals surface area contributed by atoms with Crippen molar-refractivity contribution in [1.29, 1.82) is 0 Å². The summed E-state index contributed by atoms with van der Waals surface area (Å²) in [6, 6.07) is 12.8. The second kappa shape index (κ2) is 11.2. The molecule has 0 fully saturated rings. The van der Waals surface area contributed by atoms with Crippen molar-refractivity contribution in [2.24, 2.45) is 0 Å². The van der Waals surface area contributed by atoms with Gasteiger partial charge in [0, 0.05) is 17.8 Å². The number of rotatable bonds is 9. The predicted molar refractivity (Wildman–Crippen MR) is 108 cm³/mol. The van der Waals surface area contributed by atoms with Crippen LogP contribution in [0, 0.1) is 0 Å². The van der Waals surface area contributed by atoms with Gasteiger partial charge >= 0.3 is 11.9 Å². The number of esters is 2. The summed E-state index contributed by atoms with van der Waals surface area (Å²) in [6.45, 7) is -0.457. The standard InChI is InChI=1S/C21H22N2O7/c1-28-17-9-7-16(8-10-17)23-19(25)13-30-20(26)12-11-18(24)22-15-5-3-14(4-6-15)21(27)29-2/h3-10H,11-13H2,1-2H3,(H,22,24)(H,23,25). The average Bonchev–Trinajstić information content (AvgIpc) is 2.76. The van der Waals surface area contributed by atoms with Crippen molar-refractivity contribution in [3.05, 3.63) is 54.1 Å². The lowest BCUT2D eigenvalue weighted by Gasteiger charge is -2.08. The summed E-state index contributed by atoms with van der Waals surface area (Å²) in [4.78, 5) is 46.9. The van der Waals surface area contributed by atoms with Gasteiger partial charge in [0.1, 0.15) is 5.75 Å². The fourth-order valence-electron chi connectivity index (χ4n) is 2.34. The molecule has 30 heavy (non-hydrogen) atoms. The van der Waals surface area contributed by atoms with Crippen LogP contribution in [-0.2, 0) is 23.9 Å². The van der Waals surface area contributed by atoms with Crippen molar-refractivity contribution < 1.29 is 33.4 Å². The van der Waals surface area contributed by atoms with E-state index in [9.17, 15) is 19.2 Å². The molecule has 158 valence electrons. The lowest BCUT2D eigenvalue weighted by Crippen LogP contribution is -2.21. The average molecular weight is 414 g/mol. The third kappa shape index (κ3) is 7.27. The van der Waals surface area contributed by atoms with Gasteiger partial charge in [-0.15, -0.1) is 0 Å². The van der Waals surface area contributed by atoms with E-state index in [1.54, 1.807) is 36.4 Å². The van der Waals surface area contributed by atoms with E-state index in [1.807, 2.05) is 0 Å². The van der Waals surface area contributed by atoms with Crippen LogP contribution < -0.4 is 15.4 Å². The van der Waals surface area contributed by atoms with Crippen molar-refractivity contribution >= 4 is 35.1 Å². The van der Waals surface area contributed by atoms with Crippen molar-refractivity contribution in [2.45, 2.75) is 12.8 Å². The number of ether oxygens (including phenoxy) is 3. The van der Waals surface area contributed by atoms with Gasteiger partial charge in [-0.2, -0.15) is 0 Å². The number of hydrogen-bond donors (Lipinski definition) is 2. The maximum absolute atomic E-state index is 11.9. The number of hydrogen-bond acceptors (Lipinski definition) is 7. The fraction of sp³-hybridized carbons (Fsp3) is 0.238. The first-order valence-corrected chi connectivity index (χ1v) is 8.99. The normalized spacial score (nSPS) is 9.93. The van der Waals surface area contributed by atoms with E-state index in [0.29, 0.717) is 22.7 Å². The SMILES string of the molecule is COC(=O)c1ccc(NC(=O)CCC(=O)OCC(=O)Nc2ccc(OC)cc2)cc1. The van der Waals surface area contributed by atoms with Crippen molar-refractivity contribution in [1.82, 2.24) is 0 Å². The van der Waals surface area contributed by atoms with Gasteiger partial charge in [0.25, 0.3) is 5.91 Å². The summed E-state index contributed by atoms with van der Waals surface area (Å²) in [7, 11) is 2.81. The van der Waals surface area contributed by atoms with Crippen LogP contribution in [-0.4, -0.2) is 44.6 Å². The Hall–Kier alpha value is -3.88. The fourth-order valence-corrected chi connectivity index (χ4v) is 2.34. The minimum atomic E-state index is -0.670. The Morgan fingerprint density at radius 2 is 1.33 bits per heavy atom. The van der Waals surface area contributed by atoms with Crippen LogP contribution in [0.4, 0.5) is 11.4 Å². The molecule has 0 aliphatic rings. The summed E-state index contributed by atoms with van der Waals surface area (Å²) >= 11 is 0. The number of anilines is 2. The zero-order valence-electron chi connectivity index (χ0n) is 16.6. The molecule has 0 spiro atoms. The monoisotopic (exact) mass is 414 g/mol. The minimum Gasteiger partial charge on any atom is -0.497 e. The van der Waals surface area contributed by atoms with Gasteiger partial charge in [-0.05, 0) is 48.5 Å². The van der Waals surface area contributed by atoms with Crippen LogP contribution in [0.15, 0.2) is 48.5 Å². The first kappa shape index (κ1) is 22.4. The first-order chi connectivity index (χ1) is 14.4. The van der Waals surface area contributed by atoms with Crippen molar-refractivity contribution in [3.8, 4) is 5.75 Å². The van der Waals surface area contributed by atoms with Crippen LogP contribution in [0.25, 0.3) is 0 Å². The second-order valence-corrected chi connectivity index (χ2v) is 6.05. The van der Waals surface area contributed by atoms with Gasteiger partial charge in [0.05, 0.1) is 26.2 Å². The highest BCUT2D eigenvalue weighted by molar-refractivity contribution is 5.95. The molecule has 9 nitrogen and oxygen atoms in total. The highest BCUT2D eigenvalue weighted by Gasteiger charge is 2.12. The number of amides is 2. The first-order valence-electron chi connectivity index (χ1n) is 8.99. The molecule has 2 amide bonds. The molecule has 2 aromatic carbocycles. The number of carbonyl (C=O) groups is 4. The molecule has 0 atom stereocenters. The number of carbonyl (C=O) groups excluding carboxylic acids is 4. The van der Waals surface area contributed by atoms with Crippen LogP contribution in [0.5, 0.6) is 5.75 Å². The second-order valence-electron chi connectivity index (χ2n) is 6.05. The van der Waals surface area contributed by atoms with E-state index in [2.05, 4.69) is 15.4 Å². The van der Waals surface area contributed by atoms with E-state index >= 15 is 0 Å². The molecule has 0 saturated heterocycles. The Bertz CT molecular complexity index is 893. The zero-order chi connectivity index (χ0) is 21.9. The molecular formula is C21H22N2O7. The lowest BCUT2D eigenvalue weighted by molar-refractivity contribution is -0.147. The molecule has 0 heterocycles. The largest absolute Gasteiger partial charge is 0.497 e. The predicted octanol–water partition coefficient (Wildman–Crippen LogP) is 2.38. The van der Waals surface area contributed by atoms with Crippen LogP contribution >= 0.6 is 0 Å². The third-order valence-electron chi connectivity index (χ3n) is 3.88. The summed E-state index contributed by atoms with van der Waals surface area (Å²) in [5.74, 6) is -1.40. The summed E-state index contributed by atoms with van der Waals surface area (Å²) in [5.41, 5.74) is 1.36. The van der Waals surface area contributed by atoms with Crippen LogP contribution in [0.1, 0.15) is 23.2 Å². The number of benzene rings is 2. The van der Waals surface area contributed by atoms with Gasteiger partial charge in [-0.3, -0.25) is 14.4 Å².